The smallest absolute Gasteiger partial charge is 0.399 e. The van der Waals surface area contributed by atoms with E-state index in [0.29, 0.717) is 53.6 Å². The number of piperidine rings is 2. The van der Waals surface area contributed by atoms with Crippen molar-refractivity contribution in [3.63, 3.8) is 0 Å². The van der Waals surface area contributed by atoms with Gasteiger partial charge >= 0.3 is 12.4 Å². The fourth-order valence-electron chi connectivity index (χ4n) is 11.0. The lowest BCUT2D eigenvalue weighted by Gasteiger charge is -2.41. The molecule has 0 bridgehead atoms. The number of hydrogen-bond acceptors (Lipinski definition) is 6. The van der Waals surface area contributed by atoms with Gasteiger partial charge in [0.15, 0.2) is 4.27 Å². The highest BCUT2D eigenvalue weighted by molar-refractivity contribution is 6.63. The molecule has 1 aliphatic carbocycles. The Bertz CT molecular complexity index is 3340. The molecular weight excluding hydrogens is 1150 g/mol. The van der Waals surface area contributed by atoms with Crippen molar-refractivity contribution in [3.8, 4) is 0 Å². The van der Waals surface area contributed by atoms with Gasteiger partial charge in [0, 0.05) is 41.9 Å². The topological polar surface area (TPSA) is 137 Å². The van der Waals surface area contributed by atoms with Crippen LogP contribution in [-0.4, -0.2) is 56.8 Å². The average molecular weight is 1220 g/mol. The molecule has 442 valence electrons. The van der Waals surface area contributed by atoms with E-state index in [4.69, 9.17) is 43.3 Å². The van der Waals surface area contributed by atoms with Gasteiger partial charge in [0.25, 0.3) is 11.8 Å². The number of hydrogen-bond donors (Lipinski definition) is 4. The van der Waals surface area contributed by atoms with E-state index < -0.39 is 93.0 Å². The third-order valence-corrected chi connectivity index (χ3v) is 15.0. The molecule has 4 amide bonds. The molecule has 21 heteroatoms. The zero-order valence-electron chi connectivity index (χ0n) is 47.7. The standard InChI is InChI=1S/C33H35F4N3O2.C28H27F4N3O2.CHCl3/c1-20-12-15-25(19-27(20)33(35,36)37)39-31(41)26-10-6-18-40(32(42)29-21(2)7-5-11-28(29)34)30(26)22-13-16-24(17-14-22)38-23-8-3-4-9-23;1-16-8-13-20(15-22(16)28(30,31)32)34-26(36)21-6-4-14-35(25(21)18-9-11-19(33)12-10-18)27(37)24-17(2)5-3-7-23(24)29;2-1(3)4/h5,7,11-17,19,23,26,30,38H,3-4,6,8-10,18H2,1-2H3,(H,39,41);3,5,7-13,15,21,25H,4,6,14,33H2,1-2H3,(H,34,36);1H/t26-,30-;21-,25-;/m00./s1/i23D;;1D. The number of nitrogens with one attached hydrogen (secondary N) is 3. The molecule has 83 heavy (non-hydrogen) atoms. The molecule has 6 aromatic rings. The summed E-state index contributed by atoms with van der Waals surface area (Å²) in [6.07, 6.45) is -4.03. The van der Waals surface area contributed by atoms with Crippen LogP contribution in [0.1, 0.15) is 131 Å². The summed E-state index contributed by atoms with van der Waals surface area (Å²) >= 11 is 14.2. The highest BCUT2D eigenvalue weighted by atomic mass is 35.6. The minimum atomic E-state index is -4.58. The lowest BCUT2D eigenvalue weighted by atomic mass is 9.83. The fraction of sp³-hybridized carbons (Fsp3) is 0.355. The van der Waals surface area contributed by atoms with Gasteiger partial charge in [0.2, 0.25) is 11.8 Å². The number of nitrogens with zero attached hydrogens (tertiary/aromatic N) is 2. The fourth-order valence-corrected chi connectivity index (χ4v) is 11.0. The summed E-state index contributed by atoms with van der Waals surface area (Å²) in [5, 5.41) is 8.53. The summed E-state index contributed by atoms with van der Waals surface area (Å²) in [5.74, 6) is -5.07. The van der Waals surface area contributed by atoms with E-state index >= 15 is 0 Å². The van der Waals surface area contributed by atoms with E-state index in [0.717, 1.165) is 43.5 Å². The molecule has 0 radical (unpaired) electrons. The van der Waals surface area contributed by atoms with Gasteiger partial charge in [-0.05, 0) is 160 Å². The molecule has 6 aromatic carbocycles. The van der Waals surface area contributed by atoms with Crippen molar-refractivity contribution in [2.24, 2.45) is 11.8 Å². The predicted molar refractivity (Wildman–Crippen MR) is 309 cm³/mol. The van der Waals surface area contributed by atoms with E-state index in [1.807, 2.05) is 0 Å². The van der Waals surface area contributed by atoms with Crippen molar-refractivity contribution in [1.82, 2.24) is 9.80 Å². The minimum absolute atomic E-state index is 0.00642. The first kappa shape index (κ1) is 60.7. The zero-order valence-corrected chi connectivity index (χ0v) is 48.0. The first-order valence-corrected chi connectivity index (χ1v) is 27.9. The van der Waals surface area contributed by atoms with Crippen LogP contribution < -0.4 is 21.7 Å². The number of likely N-dealkylation sites (tertiary alicyclic amines) is 2. The summed E-state index contributed by atoms with van der Waals surface area (Å²) in [6.45, 7) is 6.55. The van der Waals surface area contributed by atoms with Crippen molar-refractivity contribution in [1.29, 1.82) is 0 Å². The number of carbonyl (C=O) groups is 4. The maximum atomic E-state index is 14.9. The number of halogens is 11. The molecular formula is C62H63Cl3F8N6O4. The monoisotopic (exact) mass is 1210 g/mol. The average Bonchev–Trinajstić information content (AvgIpc) is 3.53. The number of nitrogens with two attached hydrogens (primary N) is 1. The van der Waals surface area contributed by atoms with Crippen molar-refractivity contribution in [3.05, 3.63) is 189 Å². The first-order chi connectivity index (χ1) is 39.8. The summed E-state index contributed by atoms with van der Waals surface area (Å²) in [6, 6.07) is 27.6. The maximum Gasteiger partial charge on any atom is 0.416 e. The van der Waals surface area contributed by atoms with Crippen LogP contribution in [0.25, 0.3) is 0 Å². The third-order valence-electron chi connectivity index (χ3n) is 15.0. The van der Waals surface area contributed by atoms with Gasteiger partial charge in [0.05, 0.1) is 48.9 Å². The molecule has 0 aromatic heterocycles. The van der Waals surface area contributed by atoms with E-state index in [9.17, 15) is 54.3 Å². The van der Waals surface area contributed by atoms with Crippen LogP contribution >= 0.6 is 34.8 Å². The molecule has 3 aliphatic rings. The zero-order chi connectivity index (χ0) is 62.3. The molecule has 3 fully saturated rings. The van der Waals surface area contributed by atoms with Gasteiger partial charge in [-0.2, -0.15) is 26.3 Å². The lowest BCUT2D eigenvalue weighted by Crippen LogP contribution is -2.46. The normalized spacial score (nSPS) is 19.2. The Labute approximate surface area is 494 Å². The molecule has 2 saturated heterocycles. The molecule has 5 N–H and O–H groups in total. The number of nitrogen functional groups attached to an aromatic ring is 1. The van der Waals surface area contributed by atoms with Crippen LogP contribution in [0.4, 0.5) is 57.9 Å². The Kier molecular flexibility index (Phi) is 20.2. The number of anilines is 4. The molecule has 2 heterocycles. The highest BCUT2D eigenvalue weighted by Crippen LogP contribution is 2.42. The second kappa shape index (κ2) is 27.7. The van der Waals surface area contributed by atoms with Crippen molar-refractivity contribution in [2.75, 3.05) is 34.8 Å². The van der Waals surface area contributed by atoms with Crippen molar-refractivity contribution < 1.29 is 57.0 Å². The lowest BCUT2D eigenvalue weighted by molar-refractivity contribution is -0.138. The van der Waals surface area contributed by atoms with E-state index in [1.54, 1.807) is 74.5 Å². The number of rotatable bonds is 10. The van der Waals surface area contributed by atoms with Crippen LogP contribution in [0.3, 0.4) is 0 Å². The van der Waals surface area contributed by atoms with Crippen LogP contribution in [0.5, 0.6) is 0 Å². The van der Waals surface area contributed by atoms with Gasteiger partial charge in [-0.1, -0.05) is 108 Å². The van der Waals surface area contributed by atoms with Gasteiger partial charge < -0.3 is 31.5 Å². The van der Waals surface area contributed by atoms with Crippen LogP contribution in [0.15, 0.2) is 121 Å². The van der Waals surface area contributed by atoms with Crippen molar-refractivity contribution >= 4 is 81.2 Å². The molecule has 9 rings (SSSR count). The Morgan fingerprint density at radius 1 is 0.554 bits per heavy atom. The number of benzene rings is 6. The number of aryl methyl sites for hydroxylation is 4. The quantitative estimate of drug-likeness (QED) is 0.0613. The van der Waals surface area contributed by atoms with Gasteiger partial charge in [-0.15, -0.1) is 0 Å². The first-order valence-electron chi connectivity index (χ1n) is 27.7. The van der Waals surface area contributed by atoms with Crippen molar-refractivity contribution in [2.45, 2.75) is 114 Å². The molecule has 1 saturated carbocycles. The van der Waals surface area contributed by atoms with Gasteiger partial charge in [-0.3, -0.25) is 19.2 Å². The molecule has 0 unspecified atom stereocenters. The summed E-state index contributed by atoms with van der Waals surface area (Å²) < 4.78 is 124. The van der Waals surface area contributed by atoms with E-state index in [1.165, 1.54) is 72.2 Å². The molecule has 2 aliphatic heterocycles. The molecule has 10 nitrogen and oxygen atoms in total. The summed E-state index contributed by atoms with van der Waals surface area (Å²) in [5.41, 5.74) is 7.53. The van der Waals surface area contributed by atoms with Crippen LogP contribution in [-0.2, 0) is 21.9 Å². The number of carbonyl (C=O) groups excluding carboxylic acids is 4. The molecule has 0 spiro atoms. The summed E-state index contributed by atoms with van der Waals surface area (Å²) in [4.78, 5) is 57.7. The van der Waals surface area contributed by atoms with E-state index in [2.05, 4.69) is 16.0 Å². The number of alkyl halides is 9. The minimum Gasteiger partial charge on any atom is -0.399 e. The SMILES string of the molecule is Cc1ccc(NC(=O)[C@H]2CCCN(C(=O)c3c(C)cccc3F)[C@H]2c2ccc(N)cc2)cc1C(F)(F)F.[2H]C(Cl)(Cl)Cl.[2H]C1(Nc2ccc([C@H]3[C@@H](C(=O)Nc4ccc(C)c(C(F)(F)F)c4)CCCN3C(=O)c3c(C)cccc3F)cc2)CCCC1. The van der Waals surface area contributed by atoms with Crippen LogP contribution in [0.2, 0.25) is 0 Å². The Hall–Kier alpha value is -6.89. The Morgan fingerprint density at radius 2 is 0.928 bits per heavy atom. The largest absolute Gasteiger partial charge is 0.416 e. The molecule has 4 atom stereocenters. The third kappa shape index (κ3) is 16.1. The predicted octanol–water partition coefficient (Wildman–Crippen LogP) is 16.3. The second-order valence-corrected chi connectivity index (χ2v) is 22.4. The van der Waals surface area contributed by atoms with E-state index in [-0.39, 0.29) is 46.7 Å². The van der Waals surface area contributed by atoms with Gasteiger partial charge in [0.1, 0.15) is 11.6 Å². The highest BCUT2D eigenvalue weighted by Gasteiger charge is 2.43. The number of amides is 4. The second-order valence-electron chi connectivity index (χ2n) is 20.7. The van der Waals surface area contributed by atoms with Crippen LogP contribution in [0, 0.1) is 51.2 Å². The maximum absolute atomic E-state index is 14.9. The summed E-state index contributed by atoms with van der Waals surface area (Å²) in [7, 11) is 0. The van der Waals surface area contributed by atoms with Gasteiger partial charge in [-0.25, -0.2) is 8.78 Å². The Balaban J connectivity index is 0.000000228. The Morgan fingerprint density at radius 3 is 1.30 bits per heavy atom.